The van der Waals surface area contributed by atoms with E-state index in [1.807, 2.05) is 30.3 Å². The normalized spacial score (nSPS) is 23.7. The number of amides is 2. The van der Waals surface area contributed by atoms with Crippen molar-refractivity contribution in [2.45, 2.75) is 44.2 Å². The molecule has 2 aliphatic rings. The molecule has 0 aromatic heterocycles. The Balaban J connectivity index is 1.88. The van der Waals surface area contributed by atoms with Gasteiger partial charge >= 0.3 is 0 Å². The van der Waals surface area contributed by atoms with E-state index < -0.39 is 6.04 Å². The molecule has 2 unspecified atom stereocenters. The molecule has 1 aromatic carbocycles. The average molecular weight is 315 g/mol. The van der Waals surface area contributed by atoms with Crippen LogP contribution >= 0.6 is 0 Å². The Hall–Kier alpha value is -1.88. The van der Waals surface area contributed by atoms with Gasteiger partial charge in [0.05, 0.1) is 0 Å². The summed E-state index contributed by atoms with van der Waals surface area (Å²) >= 11 is 0. The fourth-order valence-corrected chi connectivity index (χ4v) is 3.80. The van der Waals surface area contributed by atoms with Crippen molar-refractivity contribution in [1.29, 1.82) is 0 Å². The second kappa shape index (κ2) is 7.13. The molecule has 2 aliphatic heterocycles. The van der Waals surface area contributed by atoms with Crippen molar-refractivity contribution in [3.63, 3.8) is 0 Å². The monoisotopic (exact) mass is 315 g/mol. The van der Waals surface area contributed by atoms with Gasteiger partial charge in [-0.15, -0.1) is 0 Å². The highest BCUT2D eigenvalue weighted by atomic mass is 16.2. The minimum Gasteiger partial charge on any atom is -0.368 e. The summed E-state index contributed by atoms with van der Waals surface area (Å²) in [5.74, 6) is -0.360. The van der Waals surface area contributed by atoms with Gasteiger partial charge in [0.2, 0.25) is 11.8 Å². The number of benzene rings is 1. The molecule has 0 saturated carbocycles. The molecular weight excluding hydrogens is 290 g/mol. The summed E-state index contributed by atoms with van der Waals surface area (Å²) in [5, 5.41) is 0. The molecule has 2 fully saturated rings. The molecule has 0 spiro atoms. The predicted octanol–water partition coefficient (Wildman–Crippen LogP) is 1.69. The number of likely N-dealkylation sites (tertiary alicyclic amines) is 2. The minimum absolute atomic E-state index is 0.0272. The Morgan fingerprint density at radius 2 is 1.70 bits per heavy atom. The Morgan fingerprint density at radius 1 is 1.00 bits per heavy atom. The van der Waals surface area contributed by atoms with Gasteiger partial charge in [-0.1, -0.05) is 36.8 Å². The smallest absolute Gasteiger partial charge is 0.245 e. The molecule has 0 aliphatic carbocycles. The maximum Gasteiger partial charge on any atom is 0.245 e. The van der Waals surface area contributed by atoms with E-state index in [0.717, 1.165) is 37.9 Å². The molecule has 2 atom stereocenters. The van der Waals surface area contributed by atoms with Gasteiger partial charge in [-0.25, -0.2) is 0 Å². The van der Waals surface area contributed by atoms with Crippen LogP contribution in [0.4, 0.5) is 0 Å². The van der Waals surface area contributed by atoms with Gasteiger partial charge in [0, 0.05) is 6.54 Å². The summed E-state index contributed by atoms with van der Waals surface area (Å²) in [4.78, 5) is 28.9. The van der Waals surface area contributed by atoms with Crippen LogP contribution in [0.2, 0.25) is 0 Å². The summed E-state index contributed by atoms with van der Waals surface area (Å²) < 4.78 is 0. The van der Waals surface area contributed by atoms with Gasteiger partial charge in [-0.3, -0.25) is 14.5 Å². The predicted molar refractivity (Wildman–Crippen MR) is 88.5 cm³/mol. The van der Waals surface area contributed by atoms with Crippen molar-refractivity contribution in [2.24, 2.45) is 5.73 Å². The van der Waals surface area contributed by atoms with Crippen LogP contribution in [0.5, 0.6) is 0 Å². The second-order valence-electron chi connectivity index (χ2n) is 6.50. The van der Waals surface area contributed by atoms with Crippen molar-refractivity contribution < 1.29 is 9.59 Å². The van der Waals surface area contributed by atoms with E-state index in [-0.39, 0.29) is 17.9 Å². The molecule has 5 heteroatoms. The van der Waals surface area contributed by atoms with E-state index >= 15 is 0 Å². The van der Waals surface area contributed by atoms with Crippen molar-refractivity contribution in [2.75, 3.05) is 19.6 Å². The van der Waals surface area contributed by atoms with E-state index in [2.05, 4.69) is 4.90 Å². The van der Waals surface area contributed by atoms with Crippen LogP contribution in [-0.4, -0.2) is 47.3 Å². The maximum absolute atomic E-state index is 13.2. The Morgan fingerprint density at radius 3 is 2.35 bits per heavy atom. The SMILES string of the molecule is NC(=O)C1CCCN1C(=O)C(c1ccccc1)N1CCCCC1. The average Bonchev–Trinajstić information content (AvgIpc) is 3.07. The number of hydrogen-bond donors (Lipinski definition) is 1. The highest BCUT2D eigenvalue weighted by Crippen LogP contribution is 2.29. The number of nitrogens with two attached hydrogens (primary N) is 1. The lowest BCUT2D eigenvalue weighted by molar-refractivity contribution is -0.142. The van der Waals surface area contributed by atoms with Crippen LogP contribution in [0.1, 0.15) is 43.7 Å². The number of carbonyl (C=O) groups is 2. The van der Waals surface area contributed by atoms with Crippen molar-refractivity contribution in [1.82, 2.24) is 9.80 Å². The molecule has 2 N–H and O–H groups in total. The molecule has 0 bridgehead atoms. The third-order valence-corrected chi connectivity index (χ3v) is 4.97. The molecule has 2 heterocycles. The zero-order valence-electron chi connectivity index (χ0n) is 13.5. The zero-order chi connectivity index (χ0) is 16.2. The molecule has 5 nitrogen and oxygen atoms in total. The molecule has 124 valence electrons. The van der Waals surface area contributed by atoms with E-state index in [4.69, 9.17) is 5.73 Å². The van der Waals surface area contributed by atoms with E-state index in [9.17, 15) is 9.59 Å². The first-order chi connectivity index (χ1) is 11.2. The topological polar surface area (TPSA) is 66.6 Å². The Kier molecular flexibility index (Phi) is 4.96. The summed E-state index contributed by atoms with van der Waals surface area (Å²) in [6.45, 7) is 2.49. The van der Waals surface area contributed by atoms with E-state index in [1.165, 1.54) is 6.42 Å². The molecular formula is C18H25N3O2. The first kappa shape index (κ1) is 16.0. The third-order valence-electron chi connectivity index (χ3n) is 4.97. The fourth-order valence-electron chi connectivity index (χ4n) is 3.80. The highest BCUT2D eigenvalue weighted by Gasteiger charge is 2.39. The lowest BCUT2D eigenvalue weighted by Gasteiger charge is -2.37. The summed E-state index contributed by atoms with van der Waals surface area (Å²) in [7, 11) is 0. The molecule has 2 amide bonds. The largest absolute Gasteiger partial charge is 0.368 e. The number of hydrogen-bond acceptors (Lipinski definition) is 3. The minimum atomic E-state index is -0.446. The highest BCUT2D eigenvalue weighted by molar-refractivity contribution is 5.90. The van der Waals surface area contributed by atoms with Gasteiger partial charge in [0.1, 0.15) is 12.1 Å². The second-order valence-corrected chi connectivity index (χ2v) is 6.50. The molecule has 3 rings (SSSR count). The number of piperidine rings is 1. The van der Waals surface area contributed by atoms with Gasteiger partial charge in [0.25, 0.3) is 0 Å². The fraction of sp³-hybridized carbons (Fsp3) is 0.556. The van der Waals surface area contributed by atoms with Crippen molar-refractivity contribution in [3.8, 4) is 0 Å². The quantitative estimate of drug-likeness (QED) is 0.919. The Bertz CT molecular complexity index is 555. The first-order valence-corrected chi connectivity index (χ1v) is 8.57. The standard InChI is InChI=1S/C18H25N3O2/c19-17(22)15-10-7-13-21(15)18(23)16(14-8-3-1-4-9-14)20-11-5-2-6-12-20/h1,3-4,8-9,15-16H,2,5-7,10-13H2,(H2,19,22). The van der Waals surface area contributed by atoms with Gasteiger partial charge in [0.15, 0.2) is 0 Å². The third kappa shape index (κ3) is 3.39. The zero-order valence-corrected chi connectivity index (χ0v) is 13.5. The number of nitrogens with zero attached hydrogens (tertiary/aromatic N) is 2. The van der Waals surface area contributed by atoms with Crippen LogP contribution in [0.15, 0.2) is 30.3 Å². The lowest BCUT2D eigenvalue weighted by Crippen LogP contribution is -2.49. The maximum atomic E-state index is 13.2. The Labute approximate surface area is 137 Å². The summed E-state index contributed by atoms with van der Waals surface area (Å²) in [6.07, 6.45) is 5.00. The van der Waals surface area contributed by atoms with Gasteiger partial charge in [-0.2, -0.15) is 0 Å². The number of rotatable bonds is 4. The van der Waals surface area contributed by atoms with Crippen molar-refractivity contribution >= 4 is 11.8 Å². The van der Waals surface area contributed by atoms with E-state index in [0.29, 0.717) is 13.0 Å². The van der Waals surface area contributed by atoms with E-state index in [1.54, 1.807) is 4.90 Å². The molecule has 0 radical (unpaired) electrons. The van der Waals surface area contributed by atoms with Crippen LogP contribution in [-0.2, 0) is 9.59 Å². The molecule has 2 saturated heterocycles. The molecule has 1 aromatic rings. The van der Waals surface area contributed by atoms with Gasteiger partial charge < -0.3 is 10.6 Å². The van der Waals surface area contributed by atoms with Crippen molar-refractivity contribution in [3.05, 3.63) is 35.9 Å². The first-order valence-electron chi connectivity index (χ1n) is 8.57. The lowest BCUT2D eigenvalue weighted by atomic mass is 10.00. The van der Waals surface area contributed by atoms with Crippen LogP contribution in [0.25, 0.3) is 0 Å². The van der Waals surface area contributed by atoms with Crippen LogP contribution in [0, 0.1) is 0 Å². The van der Waals surface area contributed by atoms with Crippen LogP contribution < -0.4 is 5.73 Å². The number of carbonyl (C=O) groups excluding carboxylic acids is 2. The van der Waals surface area contributed by atoms with Gasteiger partial charge in [-0.05, 0) is 44.3 Å². The summed E-state index contributed by atoms with van der Waals surface area (Å²) in [6, 6.07) is 9.17. The molecule has 23 heavy (non-hydrogen) atoms. The number of primary amides is 1. The summed E-state index contributed by atoms with van der Waals surface area (Å²) in [5.41, 5.74) is 6.51. The van der Waals surface area contributed by atoms with Crippen LogP contribution in [0.3, 0.4) is 0 Å².